The highest BCUT2D eigenvalue weighted by atomic mass is 79.9. The van der Waals surface area contributed by atoms with Crippen LogP contribution in [0.3, 0.4) is 0 Å². The van der Waals surface area contributed by atoms with E-state index in [-0.39, 0.29) is 4.90 Å². The van der Waals surface area contributed by atoms with Crippen molar-refractivity contribution < 1.29 is 22.5 Å². The van der Waals surface area contributed by atoms with Gasteiger partial charge in [-0.2, -0.15) is 8.42 Å². The van der Waals surface area contributed by atoms with Gasteiger partial charge < -0.3 is 15.4 Å². The van der Waals surface area contributed by atoms with E-state index < -0.39 is 16.0 Å². The number of amides is 1. The van der Waals surface area contributed by atoms with Crippen molar-refractivity contribution in [2.24, 2.45) is 5.73 Å². The van der Waals surface area contributed by atoms with Crippen LogP contribution in [0.4, 0.5) is 5.82 Å². The van der Waals surface area contributed by atoms with Crippen LogP contribution in [-0.2, 0) is 14.9 Å². The zero-order chi connectivity index (χ0) is 20.0. The number of anilines is 1. The average molecular weight is 479 g/mol. The number of hydrogen-bond acceptors (Lipinski definition) is 6. The first-order valence-corrected chi connectivity index (χ1v) is 10.3. The molecule has 1 saturated heterocycles. The van der Waals surface area contributed by atoms with Crippen molar-refractivity contribution in [2.75, 3.05) is 31.2 Å². The number of ether oxygens (including phenoxy) is 1. The highest BCUT2D eigenvalue weighted by Gasteiger charge is 2.14. The largest absolute Gasteiger partial charge is 0.378 e. The Balaban J connectivity index is 0.000000208. The molecule has 2 heterocycles. The lowest BCUT2D eigenvalue weighted by Gasteiger charge is -2.27. The fraction of sp³-hybridized carbons (Fsp3) is 0.250. The number of aromatic nitrogens is 1. The van der Waals surface area contributed by atoms with E-state index >= 15 is 0 Å². The van der Waals surface area contributed by atoms with Crippen molar-refractivity contribution in [1.29, 1.82) is 0 Å². The fourth-order valence-corrected chi connectivity index (χ4v) is 3.50. The Hall–Kier alpha value is -1.72. The van der Waals surface area contributed by atoms with Crippen LogP contribution in [-0.4, -0.2) is 50.2 Å². The van der Waals surface area contributed by atoms with Gasteiger partial charge in [0, 0.05) is 22.6 Å². The van der Waals surface area contributed by atoms with Crippen molar-refractivity contribution in [2.45, 2.75) is 4.90 Å². The van der Waals surface area contributed by atoms with Gasteiger partial charge in [-0.25, -0.2) is 4.98 Å². The van der Waals surface area contributed by atoms with Gasteiger partial charge in [0.1, 0.15) is 10.7 Å². The van der Waals surface area contributed by atoms with Gasteiger partial charge in [-0.1, -0.05) is 11.6 Å². The predicted octanol–water partition coefficient (Wildman–Crippen LogP) is 2.37. The molecule has 0 bridgehead atoms. The Morgan fingerprint density at radius 1 is 1.26 bits per heavy atom. The normalized spacial score (nSPS) is 14.3. The number of nitrogens with two attached hydrogens (primary N) is 1. The van der Waals surface area contributed by atoms with Gasteiger partial charge in [-0.15, -0.1) is 0 Å². The van der Waals surface area contributed by atoms with Crippen molar-refractivity contribution in [3.8, 4) is 0 Å². The molecule has 146 valence electrons. The number of morpholine rings is 1. The van der Waals surface area contributed by atoms with Gasteiger partial charge in [0.15, 0.2) is 0 Å². The third kappa shape index (κ3) is 6.43. The first kappa shape index (κ1) is 21.6. The zero-order valence-corrected chi connectivity index (χ0v) is 17.2. The van der Waals surface area contributed by atoms with Gasteiger partial charge in [-0.3, -0.25) is 9.35 Å². The zero-order valence-electron chi connectivity index (χ0n) is 14.0. The van der Waals surface area contributed by atoms with Crippen LogP contribution in [0.2, 0.25) is 5.02 Å². The van der Waals surface area contributed by atoms with E-state index in [0.717, 1.165) is 19.3 Å². The summed E-state index contributed by atoms with van der Waals surface area (Å²) in [6, 6.07) is 7.74. The minimum Gasteiger partial charge on any atom is -0.378 e. The minimum absolute atomic E-state index is 0.190. The first-order valence-electron chi connectivity index (χ1n) is 7.69. The summed E-state index contributed by atoms with van der Waals surface area (Å²) < 4.78 is 36.2. The van der Waals surface area contributed by atoms with Gasteiger partial charge in [0.05, 0.1) is 25.0 Å². The highest BCUT2D eigenvalue weighted by Crippen LogP contribution is 2.20. The summed E-state index contributed by atoms with van der Waals surface area (Å²) in [6.07, 6.45) is 1.15. The fourth-order valence-electron chi connectivity index (χ4n) is 2.19. The number of pyridine rings is 1. The van der Waals surface area contributed by atoms with Crippen LogP contribution in [0.1, 0.15) is 10.4 Å². The Labute approximate surface area is 170 Å². The molecule has 0 aliphatic carbocycles. The van der Waals surface area contributed by atoms with E-state index in [0.29, 0.717) is 34.1 Å². The maximum atomic E-state index is 10.8. The lowest BCUT2D eigenvalue weighted by molar-refractivity contribution is 0.0999. The van der Waals surface area contributed by atoms with Gasteiger partial charge >= 0.3 is 0 Å². The summed E-state index contributed by atoms with van der Waals surface area (Å²) in [5.74, 6) is 0.226. The van der Waals surface area contributed by atoms with Crippen LogP contribution in [0.5, 0.6) is 0 Å². The first-order chi connectivity index (χ1) is 12.7. The number of carbonyl (C=O) groups excluding carboxylic acids is 1. The number of hydrogen-bond donors (Lipinski definition) is 2. The number of rotatable bonds is 3. The molecular weight excluding hydrogens is 462 g/mol. The number of nitrogens with zero attached hydrogens (tertiary/aromatic N) is 2. The molecule has 1 aromatic heterocycles. The lowest BCUT2D eigenvalue weighted by atomic mass is 10.2. The summed E-state index contributed by atoms with van der Waals surface area (Å²) in [7, 11) is -4.16. The molecule has 0 saturated carbocycles. The molecule has 0 spiro atoms. The molecule has 27 heavy (non-hydrogen) atoms. The monoisotopic (exact) mass is 477 g/mol. The molecular formula is C16H17BrClN3O5S. The summed E-state index contributed by atoms with van der Waals surface area (Å²) >= 11 is 8.80. The van der Waals surface area contributed by atoms with Crippen molar-refractivity contribution in [3.63, 3.8) is 0 Å². The van der Waals surface area contributed by atoms with Crippen molar-refractivity contribution in [3.05, 3.63) is 51.6 Å². The molecule has 1 aromatic carbocycles. The maximum absolute atomic E-state index is 10.8. The quantitative estimate of drug-likeness (QED) is 0.649. The van der Waals surface area contributed by atoms with Gasteiger partial charge in [0.2, 0.25) is 5.91 Å². The van der Waals surface area contributed by atoms with Crippen molar-refractivity contribution in [1.82, 2.24) is 4.98 Å². The Kier molecular flexibility index (Phi) is 7.57. The van der Waals surface area contributed by atoms with Gasteiger partial charge in [-0.05, 0) is 46.3 Å². The van der Waals surface area contributed by atoms with E-state index in [1.54, 1.807) is 24.3 Å². The van der Waals surface area contributed by atoms with E-state index in [1.807, 2.05) is 4.90 Å². The Morgan fingerprint density at radius 3 is 2.41 bits per heavy atom. The Bertz CT molecular complexity index is 903. The predicted molar refractivity (Wildman–Crippen MR) is 105 cm³/mol. The van der Waals surface area contributed by atoms with Crippen molar-refractivity contribution >= 4 is 49.4 Å². The van der Waals surface area contributed by atoms with Crippen LogP contribution in [0.25, 0.3) is 0 Å². The SMILES string of the molecule is NC(=O)c1ccc(Cl)cc1Br.O=S(=O)(O)c1ccc(N2CCOCC2)nc1. The molecule has 1 amide bonds. The second-order valence-corrected chi connectivity index (χ2v) is 8.13. The highest BCUT2D eigenvalue weighted by molar-refractivity contribution is 9.10. The van der Waals surface area contributed by atoms with Crippen LogP contribution < -0.4 is 10.6 Å². The summed E-state index contributed by atoms with van der Waals surface area (Å²) in [5.41, 5.74) is 5.49. The topological polar surface area (TPSA) is 123 Å². The number of carbonyl (C=O) groups is 1. The molecule has 2 aromatic rings. The molecule has 0 unspecified atom stereocenters. The third-order valence-corrected chi connectivity index (χ3v) is 5.28. The molecule has 3 N–H and O–H groups in total. The number of benzene rings is 1. The average Bonchev–Trinajstić information content (AvgIpc) is 2.62. The molecule has 0 atom stereocenters. The Morgan fingerprint density at radius 2 is 1.93 bits per heavy atom. The molecule has 1 aliphatic rings. The summed E-state index contributed by atoms with van der Waals surface area (Å²) in [4.78, 5) is 16.5. The lowest BCUT2D eigenvalue weighted by Crippen LogP contribution is -2.36. The molecule has 1 aliphatic heterocycles. The van der Waals surface area contributed by atoms with Crippen LogP contribution in [0, 0.1) is 0 Å². The molecule has 8 nitrogen and oxygen atoms in total. The van der Waals surface area contributed by atoms with E-state index in [9.17, 15) is 13.2 Å². The molecule has 3 rings (SSSR count). The van der Waals surface area contributed by atoms with Crippen LogP contribution in [0.15, 0.2) is 45.9 Å². The number of primary amides is 1. The second kappa shape index (κ2) is 9.47. The second-order valence-electron chi connectivity index (χ2n) is 5.42. The van der Waals surface area contributed by atoms with E-state index in [2.05, 4.69) is 20.9 Å². The minimum atomic E-state index is -4.16. The van der Waals surface area contributed by atoms with E-state index in [4.69, 9.17) is 26.6 Å². The smallest absolute Gasteiger partial charge is 0.296 e. The summed E-state index contributed by atoms with van der Waals surface area (Å²) in [5, 5.41) is 0.571. The van der Waals surface area contributed by atoms with E-state index in [1.165, 1.54) is 6.07 Å². The molecule has 1 fully saturated rings. The van der Waals surface area contributed by atoms with Crippen LogP contribution >= 0.6 is 27.5 Å². The third-order valence-electron chi connectivity index (χ3n) is 3.55. The van der Waals surface area contributed by atoms with Gasteiger partial charge in [0.25, 0.3) is 10.1 Å². The molecule has 11 heteroatoms. The summed E-state index contributed by atoms with van der Waals surface area (Å²) in [6.45, 7) is 2.75. The standard InChI is InChI=1S/C9H12N2O4S.C7H5BrClNO/c12-16(13,14)8-1-2-9(10-7-8)11-3-5-15-6-4-11;8-6-3-4(9)1-2-5(6)7(10)11/h1-2,7H,3-6H2,(H,12,13,14);1-3H,(H2,10,11). The number of halogens is 2. The maximum Gasteiger partial charge on any atom is 0.296 e. The molecule has 0 radical (unpaired) electrons.